The maximum absolute atomic E-state index is 12.8. The van der Waals surface area contributed by atoms with Crippen LogP contribution in [0.3, 0.4) is 0 Å². The third-order valence-corrected chi connectivity index (χ3v) is 5.45. The molecule has 3 unspecified atom stereocenters. The number of phenolic OH excluding ortho intramolecular Hbond substituents is 2. The van der Waals surface area contributed by atoms with Gasteiger partial charge in [0.25, 0.3) is 0 Å². The highest BCUT2D eigenvalue weighted by Crippen LogP contribution is 2.42. The molecule has 1 aliphatic rings. The molecule has 146 valence electrons. The zero-order valence-electron chi connectivity index (χ0n) is 16.1. The van der Waals surface area contributed by atoms with Gasteiger partial charge >= 0.3 is 0 Å². The van der Waals surface area contributed by atoms with Crippen molar-refractivity contribution in [1.82, 2.24) is 4.90 Å². The Kier molecular flexibility index (Phi) is 4.47. The summed E-state index contributed by atoms with van der Waals surface area (Å²) in [7, 11) is 1.74. The Hall–Kier alpha value is -2.54. The lowest BCUT2D eigenvalue weighted by Gasteiger charge is -2.34. The van der Waals surface area contributed by atoms with E-state index in [0.717, 1.165) is 6.07 Å². The van der Waals surface area contributed by atoms with E-state index in [1.807, 2.05) is 0 Å². The average Bonchev–Trinajstić information content (AvgIpc) is 2.67. The van der Waals surface area contributed by atoms with Gasteiger partial charge in [-0.05, 0) is 32.1 Å². The minimum atomic E-state index is -1.11. The van der Waals surface area contributed by atoms with Crippen LogP contribution in [0.25, 0.3) is 22.3 Å². The van der Waals surface area contributed by atoms with Gasteiger partial charge in [0.2, 0.25) is 0 Å². The Labute approximate surface area is 167 Å². The first-order valence-corrected chi connectivity index (χ1v) is 9.25. The van der Waals surface area contributed by atoms with Gasteiger partial charge < -0.3 is 24.6 Å². The molecule has 1 aliphatic heterocycles. The number of aliphatic hydroxyl groups is 1. The lowest BCUT2D eigenvalue weighted by molar-refractivity contribution is 0.0630. The second-order valence-corrected chi connectivity index (χ2v) is 7.41. The number of piperidine rings is 1. The molecular weight excluding hydrogens is 382 g/mol. The standard InChI is InChI=1S/C21H20ClNO5/c1-23-7-6-12(17(27)10-23)19-14(24)8-15(25)20-16(26)9-18(28-21(19)20)11-4-2-3-5-13(11)22/h2-5,8-9,12,17,24-25,27H,6-7,10H2,1H3/i10D. The number of likely N-dealkylation sites (N-methyl/N-ethyl adjacent to an activating group) is 1. The molecule has 4 rings (SSSR count). The van der Waals surface area contributed by atoms with Crippen molar-refractivity contribution < 1.29 is 21.1 Å². The molecule has 0 radical (unpaired) electrons. The highest BCUT2D eigenvalue weighted by molar-refractivity contribution is 6.33. The number of likely N-dealkylation sites (tertiary alicyclic amines) is 1. The van der Waals surface area contributed by atoms with Crippen LogP contribution in [-0.4, -0.2) is 46.4 Å². The van der Waals surface area contributed by atoms with Crippen LogP contribution < -0.4 is 5.43 Å². The maximum atomic E-state index is 12.8. The van der Waals surface area contributed by atoms with Crippen LogP contribution in [0.5, 0.6) is 11.5 Å². The van der Waals surface area contributed by atoms with Crippen molar-refractivity contribution in [3.63, 3.8) is 0 Å². The lowest BCUT2D eigenvalue weighted by atomic mass is 9.85. The zero-order chi connectivity index (χ0) is 20.9. The highest BCUT2D eigenvalue weighted by atomic mass is 35.5. The number of aromatic hydroxyl groups is 2. The van der Waals surface area contributed by atoms with Gasteiger partial charge in [-0.3, -0.25) is 4.79 Å². The van der Waals surface area contributed by atoms with Crippen LogP contribution in [-0.2, 0) is 0 Å². The van der Waals surface area contributed by atoms with E-state index in [1.54, 1.807) is 36.2 Å². The van der Waals surface area contributed by atoms with Crippen molar-refractivity contribution in [1.29, 1.82) is 0 Å². The van der Waals surface area contributed by atoms with Gasteiger partial charge in [0, 0.05) is 37.1 Å². The minimum Gasteiger partial charge on any atom is -0.507 e. The van der Waals surface area contributed by atoms with Crippen molar-refractivity contribution in [2.24, 2.45) is 0 Å². The van der Waals surface area contributed by atoms with Gasteiger partial charge in [0.05, 0.1) is 11.1 Å². The number of nitrogens with zero attached hydrogens (tertiary/aromatic N) is 1. The van der Waals surface area contributed by atoms with Crippen LogP contribution >= 0.6 is 11.6 Å². The van der Waals surface area contributed by atoms with E-state index < -0.39 is 29.7 Å². The Morgan fingerprint density at radius 1 is 1.25 bits per heavy atom. The van der Waals surface area contributed by atoms with Crippen LogP contribution in [0.4, 0.5) is 0 Å². The van der Waals surface area contributed by atoms with Crippen molar-refractivity contribution in [3.05, 3.63) is 57.2 Å². The molecule has 0 aliphatic carbocycles. The Morgan fingerprint density at radius 3 is 2.75 bits per heavy atom. The van der Waals surface area contributed by atoms with Gasteiger partial charge in [-0.25, -0.2) is 0 Å². The van der Waals surface area contributed by atoms with Crippen molar-refractivity contribution in [2.45, 2.75) is 18.4 Å². The topological polar surface area (TPSA) is 94.1 Å². The third-order valence-electron chi connectivity index (χ3n) is 5.12. The predicted octanol–water partition coefficient (Wildman–Crippen LogP) is 3.30. The van der Waals surface area contributed by atoms with Gasteiger partial charge in [-0.2, -0.15) is 0 Å². The first kappa shape index (κ1) is 17.6. The minimum absolute atomic E-state index is 0.00859. The number of fused-ring (bicyclic) bond motifs is 1. The first-order chi connectivity index (χ1) is 13.8. The second-order valence-electron chi connectivity index (χ2n) is 7.00. The predicted molar refractivity (Wildman–Crippen MR) is 107 cm³/mol. The van der Waals surface area contributed by atoms with Gasteiger partial charge in [0.15, 0.2) is 5.43 Å². The zero-order valence-corrected chi connectivity index (χ0v) is 15.8. The normalized spacial score (nSPS) is 23.7. The van der Waals surface area contributed by atoms with E-state index in [9.17, 15) is 20.1 Å². The van der Waals surface area contributed by atoms with E-state index >= 15 is 0 Å². The van der Waals surface area contributed by atoms with Gasteiger partial charge in [-0.1, -0.05) is 23.7 Å². The van der Waals surface area contributed by atoms with Crippen molar-refractivity contribution in [2.75, 3.05) is 20.1 Å². The quantitative estimate of drug-likeness (QED) is 0.609. The number of halogens is 1. The fourth-order valence-corrected chi connectivity index (χ4v) is 3.97. The molecule has 3 atom stereocenters. The molecule has 1 aromatic heterocycles. The maximum Gasteiger partial charge on any atom is 0.197 e. The molecule has 7 heteroatoms. The molecule has 2 heterocycles. The molecule has 28 heavy (non-hydrogen) atoms. The molecule has 0 spiro atoms. The molecule has 1 saturated heterocycles. The van der Waals surface area contributed by atoms with Crippen molar-refractivity contribution >= 4 is 22.6 Å². The summed E-state index contributed by atoms with van der Waals surface area (Å²) < 4.78 is 14.1. The number of benzene rings is 2. The third kappa shape index (κ3) is 3.13. The first-order valence-electron chi connectivity index (χ1n) is 9.45. The number of aliphatic hydroxyl groups excluding tert-OH is 1. The van der Waals surface area contributed by atoms with Crippen LogP contribution in [0.15, 0.2) is 45.6 Å². The van der Waals surface area contributed by atoms with Crippen LogP contribution in [0, 0.1) is 0 Å². The van der Waals surface area contributed by atoms with E-state index in [4.69, 9.17) is 17.4 Å². The van der Waals surface area contributed by atoms with E-state index in [1.165, 1.54) is 6.07 Å². The smallest absolute Gasteiger partial charge is 0.197 e. The molecule has 0 amide bonds. The number of hydrogen-bond donors (Lipinski definition) is 3. The van der Waals surface area contributed by atoms with E-state index in [0.29, 0.717) is 23.6 Å². The fraction of sp³-hybridized carbons (Fsp3) is 0.286. The molecule has 3 N–H and O–H groups in total. The summed E-state index contributed by atoms with van der Waals surface area (Å²) in [5.41, 5.74) is 0.196. The van der Waals surface area contributed by atoms with Crippen LogP contribution in [0.2, 0.25) is 5.02 Å². The number of β-amino-alcohol motifs (C(OH)–C–C–N with tert-alkyl or cyclic N) is 1. The second kappa shape index (κ2) is 7.13. The van der Waals surface area contributed by atoms with Crippen LogP contribution in [0.1, 0.15) is 19.3 Å². The molecule has 1 fully saturated rings. The Bertz CT molecular complexity index is 1150. The van der Waals surface area contributed by atoms with Gasteiger partial charge in [0.1, 0.15) is 28.2 Å². The summed E-state index contributed by atoms with van der Waals surface area (Å²) in [6.45, 7) is -0.373. The Balaban J connectivity index is 2.00. The van der Waals surface area contributed by atoms with Crippen molar-refractivity contribution in [3.8, 4) is 22.8 Å². The summed E-state index contributed by atoms with van der Waals surface area (Å²) in [6.07, 6.45) is -0.665. The van der Waals surface area contributed by atoms with Gasteiger partial charge in [-0.15, -0.1) is 0 Å². The summed E-state index contributed by atoms with van der Waals surface area (Å²) in [4.78, 5) is 14.5. The molecule has 0 bridgehead atoms. The number of rotatable bonds is 2. The summed E-state index contributed by atoms with van der Waals surface area (Å²) in [6, 6.07) is 9.16. The monoisotopic (exact) mass is 402 g/mol. The molecular formula is C21H20ClNO5. The van der Waals surface area contributed by atoms with E-state index in [-0.39, 0.29) is 28.0 Å². The molecule has 6 nitrogen and oxygen atoms in total. The SMILES string of the molecule is [2H]C1C(O)C(c2c(O)cc(O)c3c(=O)cc(-c4ccccc4Cl)oc23)CCN1C. The number of hydrogen-bond acceptors (Lipinski definition) is 6. The lowest BCUT2D eigenvalue weighted by Crippen LogP contribution is -2.40. The molecule has 3 aromatic rings. The van der Waals surface area contributed by atoms with E-state index in [2.05, 4.69) is 0 Å². The molecule has 0 saturated carbocycles. The fourth-order valence-electron chi connectivity index (χ4n) is 3.74. The average molecular weight is 403 g/mol. The largest absolute Gasteiger partial charge is 0.507 e. The number of phenols is 2. The highest BCUT2D eigenvalue weighted by Gasteiger charge is 2.33. The molecule has 2 aromatic carbocycles. The summed E-state index contributed by atoms with van der Waals surface area (Å²) in [5, 5.41) is 31.8. The summed E-state index contributed by atoms with van der Waals surface area (Å²) in [5.74, 6) is -1.16. The summed E-state index contributed by atoms with van der Waals surface area (Å²) >= 11 is 6.24. The Morgan fingerprint density at radius 2 is 2.00 bits per heavy atom.